The van der Waals surface area contributed by atoms with Gasteiger partial charge < -0.3 is 19.6 Å². The van der Waals surface area contributed by atoms with E-state index in [1.54, 1.807) is 0 Å². The van der Waals surface area contributed by atoms with Gasteiger partial charge in [0.05, 0.1) is 11.4 Å². The molecule has 45 heavy (non-hydrogen) atoms. The van der Waals surface area contributed by atoms with E-state index in [9.17, 15) is 14.7 Å². The van der Waals surface area contributed by atoms with E-state index in [1.807, 2.05) is 102 Å². The molecule has 0 radical (unpaired) electrons. The number of amides is 1. The second-order valence-corrected chi connectivity index (χ2v) is 11.9. The van der Waals surface area contributed by atoms with Crippen LogP contribution in [-0.2, 0) is 16.0 Å². The topological polar surface area (TPSA) is 92.9 Å². The third-order valence-corrected chi connectivity index (χ3v) is 8.75. The Hall–Kier alpha value is -5.21. The van der Waals surface area contributed by atoms with Crippen LogP contribution >= 0.6 is 15.9 Å². The number of carboxylic acid groups (broad SMARTS) is 1. The van der Waals surface area contributed by atoms with Crippen LogP contribution in [-0.4, -0.2) is 39.2 Å². The summed E-state index contributed by atoms with van der Waals surface area (Å²) in [7, 11) is 0. The Bertz CT molecular complexity index is 1990. The van der Waals surface area contributed by atoms with E-state index < -0.39 is 18.1 Å². The molecule has 7 nitrogen and oxygen atoms in total. The number of halogens is 1. The van der Waals surface area contributed by atoms with Crippen molar-refractivity contribution in [2.75, 3.05) is 6.61 Å². The second-order valence-electron chi connectivity index (χ2n) is 11.0. The number of hydrogen-bond donors (Lipinski definition) is 2. The van der Waals surface area contributed by atoms with E-state index in [1.165, 1.54) is 0 Å². The SMILES string of the molecule is O=C(NC(Cc1c(-c2ccc(-c3ccccc3)cc2)nc2ccc(Br)cn12)C(=O)O)OCC1c2ccccc2-c2ccccc21. The number of nitrogens with zero attached hydrogens (tertiary/aromatic N) is 2. The van der Waals surface area contributed by atoms with Crippen molar-refractivity contribution in [3.8, 4) is 33.5 Å². The summed E-state index contributed by atoms with van der Waals surface area (Å²) in [6.07, 6.45) is 1.06. The molecule has 4 aromatic carbocycles. The first-order chi connectivity index (χ1) is 22.0. The van der Waals surface area contributed by atoms with Gasteiger partial charge in [0.15, 0.2) is 0 Å². The molecule has 222 valence electrons. The number of aromatic nitrogens is 2. The first-order valence-electron chi connectivity index (χ1n) is 14.6. The lowest BCUT2D eigenvalue weighted by molar-refractivity contribution is -0.139. The number of benzene rings is 4. The Morgan fingerprint density at radius 3 is 2.07 bits per heavy atom. The van der Waals surface area contributed by atoms with Crippen LogP contribution in [0.5, 0.6) is 0 Å². The normalized spacial score (nSPS) is 12.8. The lowest BCUT2D eigenvalue weighted by atomic mass is 9.98. The van der Waals surface area contributed by atoms with Crippen LogP contribution in [0.1, 0.15) is 22.7 Å². The van der Waals surface area contributed by atoms with Crippen LogP contribution in [0.15, 0.2) is 126 Å². The summed E-state index contributed by atoms with van der Waals surface area (Å²) in [5, 5.41) is 12.8. The van der Waals surface area contributed by atoms with Crippen LogP contribution in [0.3, 0.4) is 0 Å². The molecule has 1 unspecified atom stereocenters. The van der Waals surface area contributed by atoms with Gasteiger partial charge in [-0.15, -0.1) is 0 Å². The van der Waals surface area contributed by atoms with Crippen molar-refractivity contribution in [1.29, 1.82) is 0 Å². The number of carbonyl (C=O) groups is 2. The van der Waals surface area contributed by atoms with Crippen molar-refractivity contribution in [1.82, 2.24) is 14.7 Å². The smallest absolute Gasteiger partial charge is 0.407 e. The number of carbonyl (C=O) groups excluding carboxylic acids is 1. The standard InChI is InChI=1S/C37H28BrN3O4/c38-26-18-19-34-40-35(25-16-14-24(15-17-25)23-8-2-1-3-9-23)33(41(34)21-26)20-32(36(42)43)39-37(44)45-22-31-29-12-6-4-10-27(29)28-11-5-7-13-30(28)31/h1-19,21,31-32H,20,22H2,(H,39,44)(H,42,43). The molecule has 0 saturated heterocycles. The van der Waals surface area contributed by atoms with E-state index in [2.05, 4.69) is 45.5 Å². The summed E-state index contributed by atoms with van der Waals surface area (Å²) in [6.45, 7) is 0.0910. The van der Waals surface area contributed by atoms with Crippen LogP contribution in [0.2, 0.25) is 0 Å². The van der Waals surface area contributed by atoms with Crippen molar-refractivity contribution in [3.63, 3.8) is 0 Å². The minimum Gasteiger partial charge on any atom is -0.480 e. The molecule has 6 aromatic rings. The highest BCUT2D eigenvalue weighted by Gasteiger charge is 2.30. The molecule has 0 saturated carbocycles. The van der Waals surface area contributed by atoms with Crippen molar-refractivity contribution in [2.45, 2.75) is 18.4 Å². The molecule has 2 heterocycles. The molecule has 8 heteroatoms. The molecule has 2 aromatic heterocycles. The van der Waals surface area contributed by atoms with Gasteiger partial charge in [-0.05, 0) is 61.4 Å². The van der Waals surface area contributed by atoms with Crippen molar-refractivity contribution in [2.24, 2.45) is 0 Å². The van der Waals surface area contributed by atoms with E-state index in [4.69, 9.17) is 9.72 Å². The molecule has 0 aliphatic heterocycles. The number of aliphatic carboxylic acids is 1. The van der Waals surface area contributed by atoms with E-state index in [-0.39, 0.29) is 18.9 Å². The zero-order chi connectivity index (χ0) is 30.9. The van der Waals surface area contributed by atoms with Gasteiger partial charge in [-0.1, -0.05) is 103 Å². The highest BCUT2D eigenvalue weighted by Crippen LogP contribution is 2.44. The first-order valence-corrected chi connectivity index (χ1v) is 15.4. The molecule has 2 N–H and O–H groups in total. The summed E-state index contributed by atoms with van der Waals surface area (Å²) < 4.78 is 8.35. The van der Waals surface area contributed by atoms with Gasteiger partial charge in [0.25, 0.3) is 0 Å². The lowest BCUT2D eigenvalue weighted by Gasteiger charge is -2.18. The zero-order valence-electron chi connectivity index (χ0n) is 24.1. The molecule has 1 aliphatic rings. The molecule has 1 aliphatic carbocycles. The van der Waals surface area contributed by atoms with Crippen molar-refractivity contribution < 1.29 is 19.4 Å². The Balaban J connectivity index is 1.13. The van der Waals surface area contributed by atoms with Crippen molar-refractivity contribution >= 4 is 33.6 Å². The van der Waals surface area contributed by atoms with E-state index >= 15 is 0 Å². The predicted octanol–water partition coefficient (Wildman–Crippen LogP) is 7.97. The third kappa shape index (κ3) is 5.60. The average Bonchev–Trinajstić information content (AvgIpc) is 3.59. The number of hydrogen-bond acceptors (Lipinski definition) is 4. The molecule has 0 fully saturated rings. The number of rotatable bonds is 8. The number of pyridine rings is 1. The Kier molecular flexibility index (Phi) is 7.65. The second kappa shape index (κ2) is 12.1. The summed E-state index contributed by atoms with van der Waals surface area (Å²) in [6, 6.07) is 36.7. The van der Waals surface area contributed by atoms with Gasteiger partial charge in [-0.2, -0.15) is 0 Å². The molecular formula is C37H28BrN3O4. The lowest BCUT2D eigenvalue weighted by Crippen LogP contribution is -2.43. The maximum Gasteiger partial charge on any atom is 0.407 e. The van der Waals surface area contributed by atoms with E-state index in [0.717, 1.165) is 43.4 Å². The summed E-state index contributed by atoms with van der Waals surface area (Å²) in [5.74, 6) is -1.30. The van der Waals surface area contributed by atoms with Crippen LogP contribution in [0, 0.1) is 0 Å². The quantitative estimate of drug-likeness (QED) is 0.173. The molecule has 0 spiro atoms. The minimum absolute atomic E-state index is 0.00703. The van der Waals surface area contributed by atoms with E-state index in [0.29, 0.717) is 17.0 Å². The largest absolute Gasteiger partial charge is 0.480 e. The number of carboxylic acids is 1. The molecule has 1 amide bonds. The van der Waals surface area contributed by atoms with Gasteiger partial charge in [-0.25, -0.2) is 14.6 Å². The Labute approximate surface area is 268 Å². The molecule has 0 bridgehead atoms. The number of alkyl carbamates (subject to hydrolysis) is 1. The Morgan fingerprint density at radius 1 is 0.800 bits per heavy atom. The Morgan fingerprint density at radius 2 is 1.40 bits per heavy atom. The minimum atomic E-state index is -1.25. The maximum atomic E-state index is 13.1. The van der Waals surface area contributed by atoms with Gasteiger partial charge >= 0.3 is 12.1 Å². The average molecular weight is 659 g/mol. The molecular weight excluding hydrogens is 630 g/mol. The van der Waals surface area contributed by atoms with Crippen LogP contribution in [0.4, 0.5) is 4.79 Å². The highest BCUT2D eigenvalue weighted by molar-refractivity contribution is 9.10. The van der Waals surface area contributed by atoms with Gasteiger partial charge in [0.2, 0.25) is 0 Å². The third-order valence-electron chi connectivity index (χ3n) is 8.28. The number of ether oxygens (including phenoxy) is 1. The number of imidazole rings is 1. The molecule has 7 rings (SSSR count). The predicted molar refractivity (Wildman–Crippen MR) is 177 cm³/mol. The fourth-order valence-electron chi connectivity index (χ4n) is 6.12. The summed E-state index contributed by atoms with van der Waals surface area (Å²) in [5.41, 5.74) is 9.38. The fraction of sp³-hybridized carbons (Fsp3) is 0.108. The van der Waals surface area contributed by atoms with Gasteiger partial charge in [0.1, 0.15) is 18.3 Å². The van der Waals surface area contributed by atoms with Gasteiger partial charge in [0, 0.05) is 28.6 Å². The number of fused-ring (bicyclic) bond motifs is 4. The fourth-order valence-corrected chi connectivity index (χ4v) is 6.46. The zero-order valence-corrected chi connectivity index (χ0v) is 25.6. The summed E-state index contributed by atoms with van der Waals surface area (Å²) in [4.78, 5) is 30.4. The highest BCUT2D eigenvalue weighted by atomic mass is 79.9. The monoisotopic (exact) mass is 657 g/mol. The number of nitrogens with one attached hydrogen (secondary N) is 1. The molecule has 1 atom stereocenters. The summed E-state index contributed by atoms with van der Waals surface area (Å²) >= 11 is 3.52. The first kappa shape index (κ1) is 28.6. The van der Waals surface area contributed by atoms with Crippen LogP contribution < -0.4 is 5.32 Å². The van der Waals surface area contributed by atoms with Crippen LogP contribution in [0.25, 0.3) is 39.2 Å². The van der Waals surface area contributed by atoms with Crippen molar-refractivity contribution in [3.05, 3.63) is 143 Å². The van der Waals surface area contributed by atoms with Gasteiger partial charge in [-0.3, -0.25) is 0 Å². The maximum absolute atomic E-state index is 13.1.